The Balaban J connectivity index is 1.32. The van der Waals surface area contributed by atoms with Crippen molar-refractivity contribution in [1.82, 2.24) is 25.0 Å². The first kappa shape index (κ1) is 31.2. The molecule has 1 aromatic heterocycles. The number of nitrogens with zero attached hydrogens (tertiary/aromatic N) is 5. The number of phenols is 1. The SMILES string of the molecule is CC(C)(O/N=C(\C(=O)NC1C(=O)N2C(C(=O)O)=C(/C=C/Cn3cc4cc(O)c(=O)cc-4cn3)CSC12)c1csc(N)n1)C(=O)O. The van der Waals surface area contributed by atoms with Crippen molar-refractivity contribution in [2.45, 2.75) is 37.4 Å². The molecule has 0 aromatic carbocycles. The van der Waals surface area contributed by atoms with Crippen molar-refractivity contribution in [3.8, 4) is 16.9 Å². The van der Waals surface area contributed by atoms with Crippen LogP contribution in [-0.2, 0) is 30.6 Å². The topological polar surface area (TPSA) is 240 Å². The van der Waals surface area contributed by atoms with Gasteiger partial charge in [0.05, 0.1) is 12.7 Å². The zero-order valence-corrected chi connectivity index (χ0v) is 25.2. The number of carboxylic acid groups (broad SMARTS) is 2. The molecule has 1 fully saturated rings. The number of aromatic hydroxyl groups is 1. The fourth-order valence-electron chi connectivity index (χ4n) is 4.34. The van der Waals surface area contributed by atoms with Crippen LogP contribution in [0, 0.1) is 0 Å². The average molecular weight is 656 g/mol. The zero-order chi connectivity index (χ0) is 32.6. The van der Waals surface area contributed by atoms with E-state index in [2.05, 4.69) is 20.6 Å². The molecule has 2 unspecified atom stereocenters. The molecule has 45 heavy (non-hydrogen) atoms. The van der Waals surface area contributed by atoms with Crippen molar-refractivity contribution in [3.05, 3.63) is 69.2 Å². The van der Waals surface area contributed by atoms with Gasteiger partial charge >= 0.3 is 11.9 Å². The number of nitrogen functional groups attached to an aromatic ring is 1. The number of aliphatic carboxylic acids is 2. The van der Waals surface area contributed by atoms with E-state index in [9.17, 15) is 39.3 Å². The maximum atomic E-state index is 13.2. The lowest BCUT2D eigenvalue weighted by molar-refractivity contribution is -0.161. The molecule has 1 aliphatic carbocycles. The normalized spacial score (nSPS) is 18.6. The lowest BCUT2D eigenvalue weighted by Gasteiger charge is -2.49. The van der Waals surface area contributed by atoms with E-state index in [0.717, 1.165) is 16.2 Å². The number of amides is 2. The Bertz CT molecular complexity index is 1850. The van der Waals surface area contributed by atoms with Crippen molar-refractivity contribution in [2.24, 2.45) is 5.16 Å². The van der Waals surface area contributed by atoms with Gasteiger partial charge in [-0.1, -0.05) is 17.3 Å². The summed E-state index contributed by atoms with van der Waals surface area (Å²) in [5.74, 6) is -4.42. The van der Waals surface area contributed by atoms with Gasteiger partial charge < -0.3 is 31.2 Å². The number of β-lactam (4-membered cyclic amide) rings is 1. The molecule has 6 N–H and O–H groups in total. The number of anilines is 1. The molecular weight excluding hydrogens is 630 g/mol. The van der Waals surface area contributed by atoms with E-state index in [0.29, 0.717) is 16.7 Å². The van der Waals surface area contributed by atoms with Crippen LogP contribution < -0.4 is 16.5 Å². The number of carbonyl (C=O) groups is 4. The third-order valence-corrected chi connectivity index (χ3v) is 8.73. The second-order valence-corrected chi connectivity index (χ2v) is 12.3. The molecule has 5 rings (SSSR count). The number of aromatic nitrogens is 3. The lowest BCUT2D eigenvalue weighted by Crippen LogP contribution is -2.71. The number of carboxylic acids is 2. The van der Waals surface area contributed by atoms with Gasteiger partial charge in [0, 0.05) is 28.5 Å². The number of oxime groups is 1. The zero-order valence-electron chi connectivity index (χ0n) is 23.5. The van der Waals surface area contributed by atoms with Crippen molar-refractivity contribution in [1.29, 1.82) is 0 Å². The predicted octanol–water partition coefficient (Wildman–Crippen LogP) is 0.671. The second-order valence-electron chi connectivity index (χ2n) is 10.3. The van der Waals surface area contributed by atoms with Crippen LogP contribution in [0.1, 0.15) is 19.5 Å². The summed E-state index contributed by atoms with van der Waals surface area (Å²) in [6, 6.07) is 1.49. The molecule has 18 heteroatoms. The van der Waals surface area contributed by atoms with E-state index < -0.39 is 51.9 Å². The van der Waals surface area contributed by atoms with Gasteiger partial charge in [0.25, 0.3) is 11.8 Å². The minimum absolute atomic E-state index is 0.000360. The van der Waals surface area contributed by atoms with Gasteiger partial charge in [-0.05, 0) is 31.6 Å². The van der Waals surface area contributed by atoms with E-state index in [1.54, 1.807) is 18.3 Å². The van der Waals surface area contributed by atoms with E-state index >= 15 is 0 Å². The summed E-state index contributed by atoms with van der Waals surface area (Å²) in [6.07, 6.45) is 6.32. The number of fused-ring (bicyclic) bond motifs is 2. The quantitative estimate of drug-likeness (QED) is 0.115. The van der Waals surface area contributed by atoms with Crippen LogP contribution in [0.3, 0.4) is 0 Å². The molecule has 0 saturated carbocycles. The van der Waals surface area contributed by atoms with Crippen molar-refractivity contribution in [3.63, 3.8) is 0 Å². The number of nitrogens with two attached hydrogens (primary N) is 1. The van der Waals surface area contributed by atoms with Crippen LogP contribution in [0.25, 0.3) is 11.1 Å². The van der Waals surface area contributed by atoms with Crippen molar-refractivity contribution >= 4 is 57.7 Å². The largest absolute Gasteiger partial charge is 0.504 e. The highest BCUT2D eigenvalue weighted by atomic mass is 32.2. The van der Waals surface area contributed by atoms with Gasteiger partial charge in [-0.3, -0.25) is 24.0 Å². The molecule has 2 atom stereocenters. The molecule has 1 aromatic rings. The Morgan fingerprint density at radius 2 is 2.00 bits per heavy atom. The monoisotopic (exact) mass is 655 g/mol. The number of hydrogen-bond acceptors (Lipinski definition) is 13. The predicted molar refractivity (Wildman–Crippen MR) is 161 cm³/mol. The molecule has 2 amide bonds. The molecule has 4 aliphatic rings. The fourth-order valence-corrected chi connectivity index (χ4v) is 6.20. The third kappa shape index (κ3) is 6.22. The number of thiazole rings is 1. The number of nitrogens with one attached hydrogen (secondary N) is 1. The van der Waals surface area contributed by atoms with Crippen LogP contribution in [0.2, 0.25) is 0 Å². The van der Waals surface area contributed by atoms with Crippen LogP contribution in [0.4, 0.5) is 5.13 Å². The molecule has 3 aliphatic heterocycles. The fraction of sp³-hybridized carbons (Fsp3) is 0.259. The van der Waals surface area contributed by atoms with Gasteiger partial charge in [-0.2, -0.15) is 5.10 Å². The number of hydrogen-bond donors (Lipinski definition) is 5. The average Bonchev–Trinajstić information content (AvgIpc) is 3.41. The van der Waals surface area contributed by atoms with Crippen LogP contribution >= 0.6 is 23.1 Å². The summed E-state index contributed by atoms with van der Waals surface area (Å²) in [6.45, 7) is 2.68. The highest BCUT2D eigenvalue weighted by Crippen LogP contribution is 2.40. The minimum Gasteiger partial charge on any atom is -0.504 e. The first-order chi connectivity index (χ1) is 21.3. The molecular formula is C27H25N7O9S2. The third-order valence-electron chi connectivity index (χ3n) is 6.76. The van der Waals surface area contributed by atoms with Gasteiger partial charge in [0.1, 0.15) is 22.8 Å². The highest BCUT2D eigenvalue weighted by molar-refractivity contribution is 8.00. The van der Waals surface area contributed by atoms with Gasteiger partial charge in [0.15, 0.2) is 16.6 Å². The minimum atomic E-state index is -1.78. The van der Waals surface area contributed by atoms with Crippen LogP contribution in [0.15, 0.2) is 63.3 Å². The number of allylic oxidation sites excluding steroid dienone is 2. The molecule has 0 bridgehead atoms. The van der Waals surface area contributed by atoms with Gasteiger partial charge in [-0.15, -0.1) is 23.1 Å². The first-order valence-corrected chi connectivity index (χ1v) is 15.0. The summed E-state index contributed by atoms with van der Waals surface area (Å²) in [7, 11) is 0. The van der Waals surface area contributed by atoms with E-state index in [-0.39, 0.29) is 34.6 Å². The Morgan fingerprint density at radius 3 is 2.67 bits per heavy atom. The summed E-state index contributed by atoms with van der Waals surface area (Å²) in [5, 5.41) is 40.3. The lowest BCUT2D eigenvalue weighted by atomic mass is 10.0. The molecule has 234 valence electrons. The van der Waals surface area contributed by atoms with Gasteiger partial charge in [0.2, 0.25) is 11.0 Å². The Morgan fingerprint density at radius 1 is 1.24 bits per heavy atom. The Hall–Kier alpha value is -5.23. The second kappa shape index (κ2) is 12.0. The van der Waals surface area contributed by atoms with Crippen molar-refractivity contribution in [2.75, 3.05) is 11.5 Å². The number of rotatable bonds is 10. The van der Waals surface area contributed by atoms with Crippen LogP contribution in [0.5, 0.6) is 5.75 Å². The first-order valence-electron chi connectivity index (χ1n) is 13.1. The molecule has 0 spiro atoms. The van der Waals surface area contributed by atoms with E-state index in [1.807, 2.05) is 0 Å². The van der Waals surface area contributed by atoms with Gasteiger partial charge in [-0.25, -0.2) is 14.6 Å². The highest BCUT2D eigenvalue weighted by Gasteiger charge is 2.54. The smallest absolute Gasteiger partial charge is 0.352 e. The standard InChI is InChI=1S/C27H25N7O9S2/c1-27(2,25(41)42)43-32-18(15-11-45-26(28)30-15)21(37)31-19-22(38)34-20(24(39)40)12(10-44-23(19)34)4-3-5-33-9-14-7-17(36)16(35)6-13(14)8-29-33/h3-4,6-9,11,19,23,36H,5,10H2,1-2H3,(H2,28,30)(H,31,37)(H,39,40)(H,41,42)/b4-3+,32-18-. The van der Waals surface area contributed by atoms with E-state index in [4.69, 9.17) is 10.6 Å². The summed E-state index contributed by atoms with van der Waals surface area (Å²) in [5.41, 5.74) is 4.23. The molecule has 4 heterocycles. The number of benzene rings is 1. The molecule has 0 radical (unpaired) electrons. The summed E-state index contributed by atoms with van der Waals surface area (Å²) < 4.78 is 1.53. The maximum absolute atomic E-state index is 13.2. The number of thioether (sulfide) groups is 1. The Labute approximate surface area is 261 Å². The summed E-state index contributed by atoms with van der Waals surface area (Å²) in [4.78, 5) is 71.9. The summed E-state index contributed by atoms with van der Waals surface area (Å²) >= 11 is 2.24. The van der Waals surface area contributed by atoms with Crippen LogP contribution in [-0.4, -0.2) is 87.2 Å². The number of phenolic OH excluding ortho intramolecular Hbond substituents is 1. The maximum Gasteiger partial charge on any atom is 0.352 e. The molecule has 1 saturated heterocycles. The molecule has 16 nitrogen and oxygen atoms in total. The van der Waals surface area contributed by atoms with E-state index in [1.165, 1.54) is 54.0 Å². The Kier molecular flexibility index (Phi) is 8.35. The number of carbonyl (C=O) groups excluding carboxylic acids is 2. The van der Waals surface area contributed by atoms with Crippen molar-refractivity contribution < 1.29 is 39.3 Å².